The topological polar surface area (TPSA) is 41.6 Å². The molecule has 6 heteroatoms. The van der Waals surface area contributed by atoms with Crippen LogP contribution in [-0.4, -0.2) is 49.3 Å². The second kappa shape index (κ2) is 6.54. The van der Waals surface area contributed by atoms with Crippen LogP contribution in [0.1, 0.15) is 6.92 Å². The van der Waals surface area contributed by atoms with Crippen molar-refractivity contribution in [3.05, 3.63) is 28.7 Å². The van der Waals surface area contributed by atoms with Gasteiger partial charge in [-0.05, 0) is 35.0 Å². The van der Waals surface area contributed by atoms with Crippen LogP contribution in [0.5, 0.6) is 5.75 Å². The van der Waals surface area contributed by atoms with E-state index in [-0.39, 0.29) is 25.6 Å². The van der Waals surface area contributed by atoms with E-state index in [0.717, 1.165) is 4.47 Å². The third-order valence-electron chi connectivity index (χ3n) is 3.11. The van der Waals surface area contributed by atoms with E-state index >= 15 is 0 Å². The average molecular weight is 345 g/mol. The molecule has 1 saturated heterocycles. The van der Waals surface area contributed by atoms with Crippen molar-refractivity contribution >= 4 is 21.8 Å². The van der Waals surface area contributed by atoms with Gasteiger partial charge in [0.1, 0.15) is 11.4 Å². The molecule has 1 aliphatic heterocycles. The Kier molecular flexibility index (Phi) is 4.99. The number of nitrogens with one attached hydrogen (secondary N) is 1. The maximum Gasteiger partial charge on any atom is 0.260 e. The van der Waals surface area contributed by atoms with Gasteiger partial charge < -0.3 is 15.0 Å². The van der Waals surface area contributed by atoms with Crippen molar-refractivity contribution in [3.63, 3.8) is 0 Å². The van der Waals surface area contributed by atoms with Crippen LogP contribution < -0.4 is 10.1 Å². The van der Waals surface area contributed by atoms with E-state index in [1.807, 2.05) is 18.2 Å². The molecule has 1 amide bonds. The molecular formula is C14H18BrFN2O2. The second-order valence-corrected chi connectivity index (χ2v) is 5.98. The minimum atomic E-state index is -1.40. The SMILES string of the molecule is CC1(F)CNCCN(C(=O)COc2ccccc2Br)C1. The molecule has 1 heterocycles. The fraction of sp³-hybridized carbons (Fsp3) is 0.500. The predicted octanol–water partition coefficient (Wildman–Crippen LogP) is 1.99. The molecule has 0 bridgehead atoms. The highest BCUT2D eigenvalue weighted by molar-refractivity contribution is 9.10. The Bertz CT molecular complexity index is 482. The molecule has 1 fully saturated rings. The molecule has 1 aliphatic rings. The Morgan fingerprint density at radius 2 is 2.30 bits per heavy atom. The molecule has 1 unspecified atom stereocenters. The molecule has 1 aromatic carbocycles. The summed E-state index contributed by atoms with van der Waals surface area (Å²) in [4.78, 5) is 13.6. The van der Waals surface area contributed by atoms with E-state index in [9.17, 15) is 9.18 Å². The summed E-state index contributed by atoms with van der Waals surface area (Å²) < 4.78 is 20.3. The smallest absolute Gasteiger partial charge is 0.260 e. The Morgan fingerprint density at radius 3 is 3.05 bits per heavy atom. The van der Waals surface area contributed by atoms with Crippen LogP contribution in [0.15, 0.2) is 28.7 Å². The second-order valence-electron chi connectivity index (χ2n) is 5.12. The molecule has 20 heavy (non-hydrogen) atoms. The molecule has 1 aromatic rings. The Hall–Kier alpha value is -1.14. The summed E-state index contributed by atoms with van der Waals surface area (Å²) in [6.45, 7) is 2.87. The molecule has 4 nitrogen and oxygen atoms in total. The molecule has 0 aliphatic carbocycles. The van der Waals surface area contributed by atoms with Crippen molar-refractivity contribution in [2.24, 2.45) is 0 Å². The quantitative estimate of drug-likeness (QED) is 0.911. The standard InChI is InChI=1S/C14H18BrFN2O2/c1-14(16)9-17-6-7-18(10-14)13(19)8-20-12-5-3-2-4-11(12)15/h2-5,17H,6-10H2,1H3. The van der Waals surface area contributed by atoms with Crippen LogP contribution in [0.25, 0.3) is 0 Å². The maximum atomic E-state index is 14.1. The van der Waals surface area contributed by atoms with Gasteiger partial charge in [0, 0.05) is 19.6 Å². The zero-order chi connectivity index (χ0) is 14.6. The van der Waals surface area contributed by atoms with E-state index in [2.05, 4.69) is 21.2 Å². The summed E-state index contributed by atoms with van der Waals surface area (Å²) in [6, 6.07) is 7.32. The Labute approximate surface area is 126 Å². The van der Waals surface area contributed by atoms with E-state index in [1.54, 1.807) is 6.07 Å². The number of hydrogen-bond acceptors (Lipinski definition) is 3. The molecule has 0 saturated carbocycles. The van der Waals surface area contributed by atoms with Crippen LogP contribution in [0.2, 0.25) is 0 Å². The molecule has 110 valence electrons. The van der Waals surface area contributed by atoms with Gasteiger partial charge >= 0.3 is 0 Å². The van der Waals surface area contributed by atoms with Gasteiger partial charge in [-0.15, -0.1) is 0 Å². The zero-order valence-corrected chi connectivity index (χ0v) is 13.0. The van der Waals surface area contributed by atoms with Crippen molar-refractivity contribution in [1.82, 2.24) is 10.2 Å². The van der Waals surface area contributed by atoms with Crippen LogP contribution in [0.3, 0.4) is 0 Å². The lowest BCUT2D eigenvalue weighted by atomic mass is 10.1. The highest BCUT2D eigenvalue weighted by Crippen LogP contribution is 2.23. The Morgan fingerprint density at radius 1 is 1.55 bits per heavy atom. The lowest BCUT2D eigenvalue weighted by Crippen LogP contribution is -2.44. The highest BCUT2D eigenvalue weighted by Gasteiger charge is 2.31. The summed E-state index contributed by atoms with van der Waals surface area (Å²) in [6.07, 6.45) is 0. The first-order valence-corrected chi connectivity index (χ1v) is 7.32. The first-order chi connectivity index (χ1) is 9.48. The molecule has 0 radical (unpaired) electrons. The maximum absolute atomic E-state index is 14.1. The molecule has 0 spiro atoms. The van der Waals surface area contributed by atoms with Gasteiger partial charge in [-0.25, -0.2) is 4.39 Å². The number of amides is 1. The molecule has 1 atom stereocenters. The molecule has 1 N–H and O–H groups in total. The van der Waals surface area contributed by atoms with E-state index in [1.165, 1.54) is 11.8 Å². The first kappa shape index (κ1) is 15.3. The average Bonchev–Trinajstić information content (AvgIpc) is 2.58. The van der Waals surface area contributed by atoms with Crippen LogP contribution in [0.4, 0.5) is 4.39 Å². The lowest BCUT2D eigenvalue weighted by molar-refractivity contribution is -0.134. The van der Waals surface area contributed by atoms with Gasteiger partial charge in [0.05, 0.1) is 11.0 Å². The fourth-order valence-corrected chi connectivity index (χ4v) is 2.50. The van der Waals surface area contributed by atoms with Gasteiger partial charge in [0.2, 0.25) is 0 Å². The van der Waals surface area contributed by atoms with Crippen molar-refractivity contribution < 1.29 is 13.9 Å². The van der Waals surface area contributed by atoms with Gasteiger partial charge in [0.15, 0.2) is 6.61 Å². The number of carbonyl (C=O) groups excluding carboxylic acids is 1. The van der Waals surface area contributed by atoms with Gasteiger partial charge in [-0.1, -0.05) is 12.1 Å². The summed E-state index contributed by atoms with van der Waals surface area (Å²) >= 11 is 3.35. The largest absolute Gasteiger partial charge is 0.483 e. The van der Waals surface area contributed by atoms with Crippen molar-refractivity contribution in [3.8, 4) is 5.75 Å². The number of para-hydroxylation sites is 1. The van der Waals surface area contributed by atoms with Gasteiger partial charge in [-0.3, -0.25) is 4.79 Å². The fourth-order valence-electron chi connectivity index (χ4n) is 2.10. The summed E-state index contributed by atoms with van der Waals surface area (Å²) in [5.74, 6) is 0.408. The highest BCUT2D eigenvalue weighted by atomic mass is 79.9. The van der Waals surface area contributed by atoms with Crippen molar-refractivity contribution in [2.45, 2.75) is 12.6 Å². The number of benzene rings is 1. The number of rotatable bonds is 3. The number of hydrogen-bond donors (Lipinski definition) is 1. The van der Waals surface area contributed by atoms with E-state index in [4.69, 9.17) is 4.74 Å². The molecule has 0 aromatic heterocycles. The molecule has 2 rings (SSSR count). The van der Waals surface area contributed by atoms with Crippen LogP contribution >= 0.6 is 15.9 Å². The summed E-state index contributed by atoms with van der Waals surface area (Å²) in [5, 5.41) is 2.99. The van der Waals surface area contributed by atoms with Gasteiger partial charge in [0.25, 0.3) is 5.91 Å². The number of alkyl halides is 1. The van der Waals surface area contributed by atoms with Gasteiger partial charge in [-0.2, -0.15) is 0 Å². The van der Waals surface area contributed by atoms with Crippen LogP contribution in [-0.2, 0) is 4.79 Å². The van der Waals surface area contributed by atoms with Crippen molar-refractivity contribution in [1.29, 1.82) is 0 Å². The number of halogens is 2. The third-order valence-corrected chi connectivity index (χ3v) is 3.77. The van der Waals surface area contributed by atoms with E-state index < -0.39 is 5.67 Å². The number of carbonyl (C=O) groups is 1. The normalized spacial score (nSPS) is 23.2. The summed E-state index contributed by atoms with van der Waals surface area (Å²) in [5.41, 5.74) is -1.40. The number of ether oxygens (including phenoxy) is 1. The van der Waals surface area contributed by atoms with Crippen molar-refractivity contribution in [2.75, 3.05) is 32.8 Å². The first-order valence-electron chi connectivity index (χ1n) is 6.53. The third kappa shape index (κ3) is 4.18. The van der Waals surface area contributed by atoms with Crippen LogP contribution in [0, 0.1) is 0 Å². The lowest BCUT2D eigenvalue weighted by Gasteiger charge is -2.26. The minimum absolute atomic E-state index is 0.0846. The monoisotopic (exact) mass is 344 g/mol. The summed E-state index contributed by atoms with van der Waals surface area (Å²) in [7, 11) is 0. The predicted molar refractivity (Wildman–Crippen MR) is 78.6 cm³/mol. The minimum Gasteiger partial charge on any atom is -0.483 e. The van der Waals surface area contributed by atoms with E-state index in [0.29, 0.717) is 18.8 Å². The zero-order valence-electron chi connectivity index (χ0n) is 11.4. The molecular weight excluding hydrogens is 327 g/mol. The Balaban J connectivity index is 1.93. The number of nitrogens with zero attached hydrogens (tertiary/aromatic N) is 1.